The summed E-state index contributed by atoms with van der Waals surface area (Å²) >= 11 is 0. The van der Waals surface area contributed by atoms with E-state index in [2.05, 4.69) is 5.32 Å². The summed E-state index contributed by atoms with van der Waals surface area (Å²) in [6.45, 7) is 2.41. The Morgan fingerprint density at radius 3 is 3.06 bits per heavy atom. The number of carbonyl (C=O) groups excluding carboxylic acids is 2. The first kappa shape index (κ1) is 11.8. The second-order valence-electron chi connectivity index (χ2n) is 4.10. The summed E-state index contributed by atoms with van der Waals surface area (Å²) in [5.41, 5.74) is 1.60. The van der Waals surface area contributed by atoms with E-state index >= 15 is 0 Å². The van der Waals surface area contributed by atoms with E-state index in [9.17, 15) is 9.59 Å². The molecular weight excluding hydrogens is 218 g/mol. The van der Waals surface area contributed by atoms with Crippen molar-refractivity contribution in [1.29, 1.82) is 0 Å². The standard InChI is InChI=1S/C13H15NO3/c1-9(15)10-3-2-4-11(7-10)12-8-14-13(16)5-6-17-12/h2-4,7,12H,5-6,8H2,1H3,(H,14,16). The molecule has 1 amide bonds. The minimum absolute atomic E-state index is 0.00947. The third kappa shape index (κ3) is 2.91. The number of hydrogen-bond donors (Lipinski definition) is 1. The molecular formula is C13H15NO3. The van der Waals surface area contributed by atoms with Gasteiger partial charge < -0.3 is 10.1 Å². The van der Waals surface area contributed by atoms with Gasteiger partial charge in [-0.05, 0) is 18.6 Å². The van der Waals surface area contributed by atoms with Crippen molar-refractivity contribution in [2.75, 3.05) is 13.2 Å². The zero-order valence-electron chi connectivity index (χ0n) is 9.73. The van der Waals surface area contributed by atoms with Gasteiger partial charge in [-0.2, -0.15) is 0 Å². The molecule has 0 aliphatic carbocycles. The molecule has 1 aromatic rings. The Morgan fingerprint density at radius 2 is 2.29 bits per heavy atom. The van der Waals surface area contributed by atoms with Gasteiger partial charge in [-0.25, -0.2) is 0 Å². The highest BCUT2D eigenvalue weighted by molar-refractivity contribution is 5.94. The molecule has 1 aromatic carbocycles. The maximum absolute atomic E-state index is 11.3. The third-order valence-corrected chi connectivity index (χ3v) is 2.80. The van der Waals surface area contributed by atoms with Gasteiger partial charge in [-0.3, -0.25) is 9.59 Å². The molecule has 1 aliphatic heterocycles. The van der Waals surface area contributed by atoms with Crippen molar-refractivity contribution in [1.82, 2.24) is 5.32 Å². The van der Waals surface area contributed by atoms with E-state index in [1.165, 1.54) is 6.92 Å². The van der Waals surface area contributed by atoms with Gasteiger partial charge >= 0.3 is 0 Å². The van der Waals surface area contributed by atoms with Crippen LogP contribution in [0.2, 0.25) is 0 Å². The Balaban J connectivity index is 2.18. The fourth-order valence-corrected chi connectivity index (χ4v) is 1.82. The van der Waals surface area contributed by atoms with E-state index in [4.69, 9.17) is 4.74 Å². The molecule has 4 heteroatoms. The highest BCUT2D eigenvalue weighted by atomic mass is 16.5. The van der Waals surface area contributed by atoms with Crippen LogP contribution in [0.15, 0.2) is 24.3 Å². The summed E-state index contributed by atoms with van der Waals surface area (Å²) in [6.07, 6.45) is 0.226. The van der Waals surface area contributed by atoms with Crippen LogP contribution in [0.25, 0.3) is 0 Å². The van der Waals surface area contributed by atoms with Crippen LogP contribution in [-0.2, 0) is 9.53 Å². The van der Waals surface area contributed by atoms with E-state index < -0.39 is 0 Å². The molecule has 1 heterocycles. The molecule has 1 atom stereocenters. The van der Waals surface area contributed by atoms with Crippen molar-refractivity contribution < 1.29 is 14.3 Å². The molecule has 0 radical (unpaired) electrons. The highest BCUT2D eigenvalue weighted by Gasteiger charge is 2.18. The number of hydrogen-bond acceptors (Lipinski definition) is 3. The molecule has 2 rings (SSSR count). The lowest BCUT2D eigenvalue weighted by Crippen LogP contribution is -2.25. The Bertz CT molecular complexity index is 442. The lowest BCUT2D eigenvalue weighted by Gasteiger charge is -2.15. The van der Waals surface area contributed by atoms with Gasteiger partial charge in [0, 0.05) is 18.5 Å². The largest absolute Gasteiger partial charge is 0.371 e. The monoisotopic (exact) mass is 233 g/mol. The van der Waals surface area contributed by atoms with E-state index in [0.717, 1.165) is 5.56 Å². The summed E-state index contributed by atoms with van der Waals surface area (Å²) in [5.74, 6) is 0.0414. The smallest absolute Gasteiger partial charge is 0.222 e. The van der Waals surface area contributed by atoms with Gasteiger partial charge in [0.25, 0.3) is 0 Å². The van der Waals surface area contributed by atoms with Crippen LogP contribution in [0.1, 0.15) is 35.4 Å². The normalized spacial score (nSPS) is 20.5. The average molecular weight is 233 g/mol. The lowest BCUT2D eigenvalue weighted by molar-refractivity contribution is -0.120. The molecule has 17 heavy (non-hydrogen) atoms. The number of rotatable bonds is 2. The van der Waals surface area contributed by atoms with E-state index in [-0.39, 0.29) is 17.8 Å². The fraction of sp³-hybridized carbons (Fsp3) is 0.385. The minimum atomic E-state index is -0.166. The molecule has 0 aromatic heterocycles. The molecule has 0 spiro atoms. The van der Waals surface area contributed by atoms with E-state index in [1.54, 1.807) is 6.07 Å². The number of benzene rings is 1. The topological polar surface area (TPSA) is 55.4 Å². The number of ether oxygens (including phenoxy) is 1. The van der Waals surface area contributed by atoms with Gasteiger partial charge in [0.2, 0.25) is 5.91 Å². The predicted molar refractivity (Wildman–Crippen MR) is 62.8 cm³/mol. The maximum Gasteiger partial charge on any atom is 0.222 e. The van der Waals surface area contributed by atoms with Crippen LogP contribution >= 0.6 is 0 Å². The third-order valence-electron chi connectivity index (χ3n) is 2.80. The first-order valence-electron chi connectivity index (χ1n) is 5.66. The second kappa shape index (κ2) is 5.10. The fourth-order valence-electron chi connectivity index (χ4n) is 1.82. The summed E-state index contributed by atoms with van der Waals surface area (Å²) < 4.78 is 5.60. The Morgan fingerprint density at radius 1 is 1.47 bits per heavy atom. The van der Waals surface area contributed by atoms with Crippen LogP contribution in [0, 0.1) is 0 Å². The van der Waals surface area contributed by atoms with Gasteiger partial charge in [0.1, 0.15) is 0 Å². The summed E-state index contributed by atoms with van der Waals surface area (Å²) in [5, 5.41) is 2.79. The Labute approximate surface area is 100.0 Å². The molecule has 1 N–H and O–H groups in total. The second-order valence-corrected chi connectivity index (χ2v) is 4.10. The zero-order chi connectivity index (χ0) is 12.3. The van der Waals surface area contributed by atoms with Crippen LogP contribution < -0.4 is 5.32 Å². The molecule has 90 valence electrons. The first-order chi connectivity index (χ1) is 8.16. The van der Waals surface area contributed by atoms with Crippen molar-refractivity contribution in [2.45, 2.75) is 19.4 Å². The molecule has 0 bridgehead atoms. The number of amides is 1. The Kier molecular flexibility index (Phi) is 3.54. The summed E-state index contributed by atoms with van der Waals surface area (Å²) in [4.78, 5) is 22.5. The van der Waals surface area contributed by atoms with Gasteiger partial charge in [-0.15, -0.1) is 0 Å². The summed E-state index contributed by atoms with van der Waals surface area (Å²) in [6, 6.07) is 7.35. The number of nitrogens with one attached hydrogen (secondary N) is 1. The van der Waals surface area contributed by atoms with E-state index in [1.807, 2.05) is 18.2 Å². The van der Waals surface area contributed by atoms with Crippen molar-refractivity contribution in [3.05, 3.63) is 35.4 Å². The van der Waals surface area contributed by atoms with Crippen molar-refractivity contribution >= 4 is 11.7 Å². The molecule has 1 unspecified atom stereocenters. The van der Waals surface area contributed by atoms with Crippen molar-refractivity contribution in [3.63, 3.8) is 0 Å². The van der Waals surface area contributed by atoms with Gasteiger partial charge in [0.05, 0.1) is 12.7 Å². The molecule has 0 saturated carbocycles. The van der Waals surface area contributed by atoms with Crippen molar-refractivity contribution in [3.8, 4) is 0 Å². The highest BCUT2D eigenvalue weighted by Crippen LogP contribution is 2.20. The molecule has 4 nitrogen and oxygen atoms in total. The zero-order valence-corrected chi connectivity index (χ0v) is 9.73. The summed E-state index contributed by atoms with van der Waals surface area (Å²) in [7, 11) is 0. The van der Waals surface area contributed by atoms with Crippen LogP contribution in [0.3, 0.4) is 0 Å². The molecule has 1 fully saturated rings. The SMILES string of the molecule is CC(=O)c1cccc(C2CNC(=O)CCO2)c1. The van der Waals surface area contributed by atoms with Gasteiger partial charge in [-0.1, -0.05) is 18.2 Å². The molecule has 1 saturated heterocycles. The van der Waals surface area contributed by atoms with Crippen LogP contribution in [0.4, 0.5) is 0 Å². The first-order valence-corrected chi connectivity index (χ1v) is 5.66. The maximum atomic E-state index is 11.3. The lowest BCUT2D eigenvalue weighted by atomic mass is 10.0. The quantitative estimate of drug-likeness (QED) is 0.787. The predicted octanol–water partition coefficient (Wildman–Crippen LogP) is 1.47. The number of Topliss-reactive ketones (excluding diaryl/α,β-unsaturated/α-hetero) is 1. The number of ketones is 1. The number of carbonyl (C=O) groups is 2. The molecule has 1 aliphatic rings. The Hall–Kier alpha value is -1.68. The minimum Gasteiger partial charge on any atom is -0.371 e. The van der Waals surface area contributed by atoms with E-state index in [0.29, 0.717) is 25.1 Å². The average Bonchev–Trinajstić information content (AvgIpc) is 2.54. The van der Waals surface area contributed by atoms with Crippen LogP contribution in [-0.4, -0.2) is 24.8 Å². The van der Waals surface area contributed by atoms with Crippen LogP contribution in [0.5, 0.6) is 0 Å². The van der Waals surface area contributed by atoms with Crippen molar-refractivity contribution in [2.24, 2.45) is 0 Å². The van der Waals surface area contributed by atoms with Gasteiger partial charge in [0.15, 0.2) is 5.78 Å².